The molecule has 2 N–H and O–H groups in total. The van der Waals surface area contributed by atoms with E-state index in [9.17, 15) is 14.7 Å². The van der Waals surface area contributed by atoms with Crippen LogP contribution in [0.15, 0.2) is 85.1 Å². The average Bonchev–Trinajstić information content (AvgIpc) is 3.59. The molecule has 0 fully saturated rings. The van der Waals surface area contributed by atoms with Crippen molar-refractivity contribution in [2.24, 2.45) is 5.92 Å². The van der Waals surface area contributed by atoms with Crippen LogP contribution in [0.3, 0.4) is 0 Å². The van der Waals surface area contributed by atoms with Crippen molar-refractivity contribution in [3.8, 4) is 5.75 Å². The number of benzene rings is 3. The Hall–Kier alpha value is -4.80. The number of carbonyl (C=O) groups excluding carboxylic acids is 2. The van der Waals surface area contributed by atoms with Gasteiger partial charge in [-0.05, 0) is 60.4 Å². The zero-order chi connectivity index (χ0) is 31.6. The van der Waals surface area contributed by atoms with Crippen molar-refractivity contribution < 1.29 is 24.5 Å². The lowest BCUT2D eigenvalue weighted by Gasteiger charge is -2.30. The van der Waals surface area contributed by atoms with Gasteiger partial charge in [0.1, 0.15) is 5.75 Å². The fourth-order valence-electron chi connectivity index (χ4n) is 6.22. The number of nitrogens with zero attached hydrogens (tertiary/aromatic N) is 5. The molecule has 6 rings (SSSR count). The van der Waals surface area contributed by atoms with Crippen molar-refractivity contribution in [1.29, 1.82) is 0 Å². The number of anilines is 3. The number of methoxy groups -OCH3 is 1. The van der Waals surface area contributed by atoms with Crippen LogP contribution in [-0.4, -0.2) is 50.7 Å². The topological polar surface area (TPSA) is 121 Å². The molecule has 0 aliphatic carbocycles. The molecular formula is C35H37N5O5. The van der Waals surface area contributed by atoms with Crippen molar-refractivity contribution >= 4 is 28.9 Å². The van der Waals surface area contributed by atoms with E-state index < -0.39 is 17.4 Å². The fourth-order valence-corrected chi connectivity index (χ4v) is 6.22. The number of carbonyl (C=O) groups is 2. The van der Waals surface area contributed by atoms with E-state index in [0.717, 1.165) is 28.2 Å². The number of fused-ring (bicyclic) bond motifs is 2. The van der Waals surface area contributed by atoms with Crippen LogP contribution in [0.2, 0.25) is 0 Å². The van der Waals surface area contributed by atoms with Crippen LogP contribution in [0.25, 0.3) is 0 Å². The third kappa shape index (κ3) is 5.74. The molecular weight excluding hydrogens is 570 g/mol. The number of allylic oxidation sites excluding steroid dienone is 1. The minimum atomic E-state index is -1.80. The summed E-state index contributed by atoms with van der Waals surface area (Å²) in [6, 6.07) is 20.9. The van der Waals surface area contributed by atoms with Crippen molar-refractivity contribution in [1.82, 2.24) is 15.0 Å². The van der Waals surface area contributed by atoms with Gasteiger partial charge in [-0.15, -0.1) is 5.10 Å². The SMILES string of the molecule is COc1ccc2c(c1)[C@](O)([C@@H](C)/C=C/CCn1cc(CCO)nn1)C(=O)N2Cc1cccc(N2C(=O)CCc3ccccc32)c1. The maximum atomic E-state index is 14.1. The summed E-state index contributed by atoms with van der Waals surface area (Å²) in [6.07, 6.45) is 7.82. The number of para-hydroxylation sites is 1. The predicted molar refractivity (Wildman–Crippen MR) is 170 cm³/mol. The van der Waals surface area contributed by atoms with Gasteiger partial charge in [-0.3, -0.25) is 19.2 Å². The summed E-state index contributed by atoms with van der Waals surface area (Å²) in [7, 11) is 1.56. The van der Waals surface area contributed by atoms with E-state index in [4.69, 9.17) is 9.84 Å². The van der Waals surface area contributed by atoms with Gasteiger partial charge < -0.3 is 19.8 Å². The molecule has 232 valence electrons. The summed E-state index contributed by atoms with van der Waals surface area (Å²) in [5.41, 5.74) is 3.61. The fraction of sp³-hybridized carbons (Fsp3) is 0.314. The molecule has 0 spiro atoms. The first-order chi connectivity index (χ1) is 21.8. The summed E-state index contributed by atoms with van der Waals surface area (Å²) in [5.74, 6) is -0.384. The Morgan fingerprint density at radius 2 is 1.89 bits per heavy atom. The van der Waals surface area contributed by atoms with Gasteiger partial charge in [-0.1, -0.05) is 54.6 Å². The molecule has 3 aromatic carbocycles. The van der Waals surface area contributed by atoms with Crippen LogP contribution < -0.4 is 14.5 Å². The van der Waals surface area contributed by atoms with Gasteiger partial charge in [-0.2, -0.15) is 0 Å². The van der Waals surface area contributed by atoms with E-state index in [1.807, 2.05) is 73.7 Å². The molecule has 2 aliphatic rings. The maximum Gasteiger partial charge on any atom is 0.264 e. The Labute approximate surface area is 262 Å². The molecule has 2 amide bonds. The number of hydrogen-bond acceptors (Lipinski definition) is 7. The van der Waals surface area contributed by atoms with Gasteiger partial charge in [0.05, 0.1) is 30.7 Å². The third-order valence-electron chi connectivity index (χ3n) is 8.64. The molecule has 0 saturated carbocycles. The van der Waals surface area contributed by atoms with Crippen molar-refractivity contribution in [3.05, 3.63) is 107 Å². The van der Waals surface area contributed by atoms with E-state index in [1.54, 1.807) is 39.9 Å². The number of aliphatic hydroxyl groups is 2. The first-order valence-electron chi connectivity index (χ1n) is 15.2. The first-order valence-corrected chi connectivity index (χ1v) is 15.2. The number of rotatable bonds is 11. The van der Waals surface area contributed by atoms with Crippen molar-refractivity contribution in [3.63, 3.8) is 0 Å². The maximum absolute atomic E-state index is 14.1. The molecule has 0 radical (unpaired) electrons. The number of aromatic nitrogens is 3. The summed E-state index contributed by atoms with van der Waals surface area (Å²) in [5, 5.41) is 29.4. The first kappa shape index (κ1) is 30.2. The lowest BCUT2D eigenvalue weighted by atomic mass is 9.83. The summed E-state index contributed by atoms with van der Waals surface area (Å²) in [6.45, 7) is 2.64. The Balaban J connectivity index is 1.25. The Kier molecular flexibility index (Phi) is 8.51. The third-order valence-corrected chi connectivity index (χ3v) is 8.64. The molecule has 3 heterocycles. The summed E-state index contributed by atoms with van der Waals surface area (Å²) >= 11 is 0. The number of amides is 2. The van der Waals surface area contributed by atoms with Crippen LogP contribution in [0.1, 0.15) is 42.1 Å². The molecule has 10 nitrogen and oxygen atoms in total. The van der Waals surface area contributed by atoms with Crippen LogP contribution in [0.5, 0.6) is 5.75 Å². The summed E-state index contributed by atoms with van der Waals surface area (Å²) in [4.78, 5) is 30.6. The van der Waals surface area contributed by atoms with Gasteiger partial charge in [0.15, 0.2) is 5.60 Å². The van der Waals surface area contributed by atoms with Crippen molar-refractivity contribution in [2.45, 2.75) is 51.3 Å². The van der Waals surface area contributed by atoms with Crippen LogP contribution >= 0.6 is 0 Å². The zero-order valence-electron chi connectivity index (χ0n) is 25.5. The highest BCUT2D eigenvalue weighted by Gasteiger charge is 2.52. The van der Waals surface area contributed by atoms with E-state index in [0.29, 0.717) is 49.2 Å². The molecule has 2 aliphatic heterocycles. The highest BCUT2D eigenvalue weighted by molar-refractivity contribution is 6.07. The minimum absolute atomic E-state index is 0.0179. The minimum Gasteiger partial charge on any atom is -0.497 e. The van der Waals surface area contributed by atoms with Gasteiger partial charge >= 0.3 is 0 Å². The molecule has 0 unspecified atom stereocenters. The monoisotopic (exact) mass is 607 g/mol. The van der Waals surface area contributed by atoms with Crippen LogP contribution in [0.4, 0.5) is 17.1 Å². The standard InChI is InChI=1S/C35H37N5O5/c1-24(8-5-6-18-38-23-27(17-19-41)36-37-38)35(44)30-21-29(45-2)14-15-32(30)39(34(35)43)22-25-9-7-11-28(20-25)40-31-12-4-3-10-26(31)13-16-33(40)42/h3-5,7-12,14-15,20-21,23-24,41,44H,6,13,16-19,22H2,1-2H3/b8-5+/t24-,35+/m0/s1. The Morgan fingerprint density at radius 1 is 1.04 bits per heavy atom. The molecule has 10 heteroatoms. The second-order valence-electron chi connectivity index (χ2n) is 11.5. The molecule has 4 aromatic rings. The van der Waals surface area contributed by atoms with Gasteiger partial charge in [0, 0.05) is 49.4 Å². The average molecular weight is 608 g/mol. The lowest BCUT2D eigenvalue weighted by molar-refractivity contribution is -0.139. The van der Waals surface area contributed by atoms with Crippen LogP contribution in [-0.2, 0) is 41.1 Å². The van der Waals surface area contributed by atoms with Gasteiger partial charge in [0.2, 0.25) is 5.91 Å². The highest BCUT2D eigenvalue weighted by atomic mass is 16.5. The Morgan fingerprint density at radius 3 is 2.71 bits per heavy atom. The zero-order valence-corrected chi connectivity index (χ0v) is 25.5. The van der Waals surface area contributed by atoms with Gasteiger partial charge in [0.25, 0.3) is 5.91 Å². The van der Waals surface area contributed by atoms with Crippen molar-refractivity contribution in [2.75, 3.05) is 23.5 Å². The van der Waals surface area contributed by atoms with E-state index in [-0.39, 0.29) is 19.1 Å². The van der Waals surface area contributed by atoms with E-state index in [1.165, 1.54) is 0 Å². The number of ether oxygens (including phenoxy) is 1. The second-order valence-corrected chi connectivity index (χ2v) is 11.5. The van der Waals surface area contributed by atoms with Crippen LogP contribution in [0, 0.1) is 5.92 Å². The lowest BCUT2D eigenvalue weighted by Crippen LogP contribution is -2.44. The molecule has 45 heavy (non-hydrogen) atoms. The molecule has 0 saturated heterocycles. The predicted octanol–water partition coefficient (Wildman–Crippen LogP) is 4.45. The van der Waals surface area contributed by atoms with Gasteiger partial charge in [-0.25, -0.2) is 0 Å². The number of aryl methyl sites for hydroxylation is 2. The quantitative estimate of drug-likeness (QED) is 0.242. The second kappa shape index (κ2) is 12.7. The Bertz CT molecular complexity index is 1750. The molecule has 2 atom stereocenters. The smallest absolute Gasteiger partial charge is 0.264 e. The normalized spacial score (nSPS) is 18.4. The molecule has 1 aromatic heterocycles. The molecule has 0 bridgehead atoms. The summed E-state index contributed by atoms with van der Waals surface area (Å²) < 4.78 is 7.17. The van der Waals surface area contributed by atoms with E-state index in [2.05, 4.69) is 10.3 Å². The largest absolute Gasteiger partial charge is 0.497 e. The van der Waals surface area contributed by atoms with E-state index >= 15 is 0 Å². The highest BCUT2D eigenvalue weighted by Crippen LogP contribution is 2.47. The number of hydrogen-bond donors (Lipinski definition) is 2. The number of aliphatic hydroxyl groups excluding tert-OH is 1.